The van der Waals surface area contributed by atoms with Crippen molar-refractivity contribution in [1.82, 2.24) is 10.6 Å². The molecule has 1 aliphatic heterocycles. The van der Waals surface area contributed by atoms with Crippen molar-refractivity contribution in [3.05, 3.63) is 0 Å². The first-order chi connectivity index (χ1) is 8.20. The van der Waals surface area contributed by atoms with Crippen molar-refractivity contribution in [2.24, 2.45) is 5.92 Å². The highest BCUT2D eigenvalue weighted by Crippen LogP contribution is 2.27. The zero-order valence-corrected chi connectivity index (χ0v) is 10.5. The molecule has 0 aromatic carbocycles. The SMILES string of the molecule is O=C(NCC1(O)CCCCC1)C1CCNCC1. The van der Waals surface area contributed by atoms with E-state index >= 15 is 0 Å². The highest BCUT2D eigenvalue weighted by atomic mass is 16.3. The predicted octanol–water partition coefficient (Wildman–Crippen LogP) is 0.797. The van der Waals surface area contributed by atoms with Crippen LogP contribution >= 0.6 is 0 Å². The molecule has 0 bridgehead atoms. The first-order valence-corrected chi connectivity index (χ1v) is 6.90. The first kappa shape index (κ1) is 12.8. The molecular weight excluding hydrogens is 216 g/mol. The third kappa shape index (κ3) is 3.68. The number of amides is 1. The molecule has 1 heterocycles. The summed E-state index contributed by atoms with van der Waals surface area (Å²) >= 11 is 0. The van der Waals surface area contributed by atoms with Gasteiger partial charge in [-0.1, -0.05) is 19.3 Å². The molecule has 0 atom stereocenters. The fraction of sp³-hybridized carbons (Fsp3) is 0.923. The zero-order chi connectivity index (χ0) is 12.1. The third-order valence-corrected chi connectivity index (χ3v) is 4.09. The molecule has 2 aliphatic rings. The first-order valence-electron chi connectivity index (χ1n) is 6.90. The molecule has 1 amide bonds. The largest absolute Gasteiger partial charge is 0.388 e. The summed E-state index contributed by atoms with van der Waals surface area (Å²) in [7, 11) is 0. The number of rotatable bonds is 3. The topological polar surface area (TPSA) is 61.4 Å². The fourth-order valence-corrected chi connectivity index (χ4v) is 2.87. The Balaban J connectivity index is 1.74. The van der Waals surface area contributed by atoms with Crippen LogP contribution in [0.4, 0.5) is 0 Å². The number of aliphatic hydroxyl groups is 1. The summed E-state index contributed by atoms with van der Waals surface area (Å²) in [6.07, 6.45) is 6.89. The van der Waals surface area contributed by atoms with Crippen LogP contribution in [0.1, 0.15) is 44.9 Å². The van der Waals surface area contributed by atoms with Crippen LogP contribution < -0.4 is 10.6 Å². The number of hydrogen-bond donors (Lipinski definition) is 3. The summed E-state index contributed by atoms with van der Waals surface area (Å²) < 4.78 is 0. The van der Waals surface area contributed by atoms with Crippen LogP contribution in [-0.4, -0.2) is 36.2 Å². The van der Waals surface area contributed by atoms with Crippen LogP contribution in [0, 0.1) is 5.92 Å². The maximum atomic E-state index is 11.9. The normalized spacial score (nSPS) is 25.5. The highest BCUT2D eigenvalue weighted by molar-refractivity contribution is 5.78. The Morgan fingerprint density at radius 3 is 2.53 bits per heavy atom. The summed E-state index contributed by atoms with van der Waals surface area (Å²) in [5, 5.41) is 16.5. The van der Waals surface area contributed by atoms with Gasteiger partial charge in [-0.15, -0.1) is 0 Å². The molecule has 3 N–H and O–H groups in total. The molecular formula is C13H24N2O2. The molecule has 0 spiro atoms. The Morgan fingerprint density at radius 2 is 1.88 bits per heavy atom. The van der Waals surface area contributed by atoms with Crippen molar-refractivity contribution in [2.45, 2.75) is 50.5 Å². The molecule has 2 rings (SSSR count). The summed E-state index contributed by atoms with van der Waals surface area (Å²) in [6, 6.07) is 0. The van der Waals surface area contributed by atoms with E-state index in [2.05, 4.69) is 10.6 Å². The van der Waals surface area contributed by atoms with Gasteiger partial charge in [0, 0.05) is 12.5 Å². The Bertz CT molecular complexity index is 256. The predicted molar refractivity (Wildman–Crippen MR) is 66.6 cm³/mol. The van der Waals surface area contributed by atoms with Crippen LogP contribution in [0.15, 0.2) is 0 Å². The van der Waals surface area contributed by atoms with E-state index in [0.717, 1.165) is 51.6 Å². The van der Waals surface area contributed by atoms with Crippen LogP contribution in [-0.2, 0) is 4.79 Å². The lowest BCUT2D eigenvalue weighted by Crippen LogP contribution is -2.47. The minimum Gasteiger partial charge on any atom is -0.388 e. The van der Waals surface area contributed by atoms with E-state index in [0.29, 0.717) is 6.54 Å². The summed E-state index contributed by atoms with van der Waals surface area (Å²) in [5.41, 5.74) is -0.638. The number of nitrogens with one attached hydrogen (secondary N) is 2. The minimum atomic E-state index is -0.638. The Labute approximate surface area is 103 Å². The highest BCUT2D eigenvalue weighted by Gasteiger charge is 2.30. The summed E-state index contributed by atoms with van der Waals surface area (Å²) in [6.45, 7) is 2.31. The molecule has 1 saturated carbocycles. The summed E-state index contributed by atoms with van der Waals surface area (Å²) in [5.74, 6) is 0.272. The van der Waals surface area contributed by atoms with Gasteiger partial charge in [-0.3, -0.25) is 4.79 Å². The van der Waals surface area contributed by atoms with E-state index < -0.39 is 5.60 Å². The number of carbonyl (C=O) groups excluding carboxylic acids is 1. The Morgan fingerprint density at radius 1 is 1.24 bits per heavy atom. The lowest BCUT2D eigenvalue weighted by Gasteiger charge is -2.33. The van der Waals surface area contributed by atoms with Crippen LogP contribution in [0.2, 0.25) is 0 Å². The number of hydrogen-bond acceptors (Lipinski definition) is 3. The van der Waals surface area contributed by atoms with Crippen molar-refractivity contribution < 1.29 is 9.90 Å². The van der Waals surface area contributed by atoms with E-state index in [-0.39, 0.29) is 11.8 Å². The van der Waals surface area contributed by atoms with E-state index in [1.807, 2.05) is 0 Å². The molecule has 4 heteroatoms. The second-order valence-corrected chi connectivity index (χ2v) is 5.53. The smallest absolute Gasteiger partial charge is 0.223 e. The van der Waals surface area contributed by atoms with E-state index in [9.17, 15) is 9.90 Å². The molecule has 2 fully saturated rings. The molecule has 1 saturated heterocycles. The molecule has 4 nitrogen and oxygen atoms in total. The lowest BCUT2D eigenvalue weighted by molar-refractivity contribution is -0.127. The van der Waals surface area contributed by atoms with Crippen molar-refractivity contribution in [3.8, 4) is 0 Å². The van der Waals surface area contributed by atoms with Gasteiger partial charge in [-0.2, -0.15) is 0 Å². The van der Waals surface area contributed by atoms with Crippen LogP contribution in [0.25, 0.3) is 0 Å². The van der Waals surface area contributed by atoms with Gasteiger partial charge in [0.1, 0.15) is 0 Å². The quantitative estimate of drug-likeness (QED) is 0.684. The van der Waals surface area contributed by atoms with Crippen molar-refractivity contribution >= 4 is 5.91 Å². The van der Waals surface area contributed by atoms with E-state index in [4.69, 9.17) is 0 Å². The Hall–Kier alpha value is -0.610. The van der Waals surface area contributed by atoms with Gasteiger partial charge in [-0.25, -0.2) is 0 Å². The minimum absolute atomic E-state index is 0.130. The maximum absolute atomic E-state index is 11.9. The van der Waals surface area contributed by atoms with E-state index in [1.54, 1.807) is 0 Å². The fourth-order valence-electron chi connectivity index (χ4n) is 2.87. The third-order valence-electron chi connectivity index (χ3n) is 4.09. The standard InChI is InChI=1S/C13H24N2O2/c16-12(11-4-8-14-9-5-11)15-10-13(17)6-2-1-3-7-13/h11,14,17H,1-10H2,(H,15,16). The number of piperidine rings is 1. The monoisotopic (exact) mass is 240 g/mol. The van der Waals surface area contributed by atoms with Gasteiger partial charge < -0.3 is 15.7 Å². The van der Waals surface area contributed by atoms with Gasteiger partial charge in [0.05, 0.1) is 5.60 Å². The van der Waals surface area contributed by atoms with Crippen LogP contribution in [0.3, 0.4) is 0 Å². The maximum Gasteiger partial charge on any atom is 0.223 e. The lowest BCUT2D eigenvalue weighted by atomic mass is 9.84. The van der Waals surface area contributed by atoms with Crippen molar-refractivity contribution in [3.63, 3.8) is 0 Å². The molecule has 0 radical (unpaired) electrons. The van der Waals surface area contributed by atoms with Gasteiger partial charge in [0.15, 0.2) is 0 Å². The number of carbonyl (C=O) groups is 1. The molecule has 0 aromatic rings. The summed E-state index contributed by atoms with van der Waals surface area (Å²) in [4.78, 5) is 11.9. The average Bonchev–Trinajstić information content (AvgIpc) is 2.38. The van der Waals surface area contributed by atoms with Gasteiger partial charge in [-0.05, 0) is 38.8 Å². The molecule has 98 valence electrons. The second kappa shape index (κ2) is 5.83. The van der Waals surface area contributed by atoms with Crippen LogP contribution in [0.5, 0.6) is 0 Å². The molecule has 1 aliphatic carbocycles. The van der Waals surface area contributed by atoms with Gasteiger partial charge in [0.2, 0.25) is 5.91 Å². The van der Waals surface area contributed by atoms with Gasteiger partial charge >= 0.3 is 0 Å². The van der Waals surface area contributed by atoms with E-state index in [1.165, 1.54) is 6.42 Å². The molecule has 0 unspecified atom stereocenters. The van der Waals surface area contributed by atoms with Gasteiger partial charge in [0.25, 0.3) is 0 Å². The van der Waals surface area contributed by atoms with Crippen molar-refractivity contribution in [2.75, 3.05) is 19.6 Å². The van der Waals surface area contributed by atoms with Crippen molar-refractivity contribution in [1.29, 1.82) is 0 Å². The average molecular weight is 240 g/mol. The second-order valence-electron chi connectivity index (χ2n) is 5.53. The zero-order valence-electron chi connectivity index (χ0n) is 10.5. The Kier molecular flexibility index (Phi) is 4.40. The molecule has 17 heavy (non-hydrogen) atoms. The molecule has 0 aromatic heterocycles.